The van der Waals surface area contributed by atoms with Crippen molar-refractivity contribution in [2.45, 2.75) is 49.3 Å². The highest BCUT2D eigenvalue weighted by atomic mass is 32.2. The molecule has 6 nitrogen and oxygen atoms in total. The second-order valence-electron chi connectivity index (χ2n) is 6.10. The van der Waals surface area contributed by atoms with Crippen LogP contribution < -0.4 is 0 Å². The van der Waals surface area contributed by atoms with Crippen LogP contribution >= 0.6 is 23.1 Å². The van der Waals surface area contributed by atoms with E-state index in [9.17, 15) is 9.59 Å². The molecule has 124 valence electrons. The molecule has 1 aromatic heterocycles. The highest BCUT2D eigenvalue weighted by Gasteiger charge is 2.35. The van der Waals surface area contributed by atoms with Gasteiger partial charge >= 0.3 is 5.97 Å². The predicted molar refractivity (Wildman–Crippen MR) is 87.0 cm³/mol. The van der Waals surface area contributed by atoms with Crippen molar-refractivity contribution >= 4 is 35.0 Å². The number of carbonyl (C=O) groups is 2. The summed E-state index contributed by atoms with van der Waals surface area (Å²) in [5.74, 6) is -0.650. The molecule has 0 fully saturated rings. The van der Waals surface area contributed by atoms with Gasteiger partial charge in [0.05, 0.1) is 7.11 Å². The first kappa shape index (κ1) is 18.9. The first-order chi connectivity index (χ1) is 9.96. The lowest BCUT2D eigenvalue weighted by Gasteiger charge is -2.27. The second kappa shape index (κ2) is 6.97. The molecular weight excluding hydrogens is 324 g/mol. The Morgan fingerprint density at radius 2 is 1.86 bits per heavy atom. The standard InChI is InChI=1S/C14H22N2O4S2/c1-13(2,3)20-11(18)14(4,5)22-12-15-9(8-21-12)10(17)16(6)19-7/h8H,1-7H3. The van der Waals surface area contributed by atoms with E-state index in [1.165, 1.54) is 37.3 Å². The van der Waals surface area contributed by atoms with Gasteiger partial charge in [0.15, 0.2) is 4.34 Å². The number of carbonyl (C=O) groups excluding carboxylic acids is 2. The number of hydroxylamine groups is 2. The van der Waals surface area contributed by atoms with E-state index in [4.69, 9.17) is 9.57 Å². The summed E-state index contributed by atoms with van der Waals surface area (Å²) in [6.07, 6.45) is 0. The number of amides is 1. The lowest BCUT2D eigenvalue weighted by molar-refractivity contribution is -0.156. The highest BCUT2D eigenvalue weighted by Crippen LogP contribution is 2.36. The molecular formula is C14H22N2O4S2. The fraction of sp³-hybridized carbons (Fsp3) is 0.643. The van der Waals surface area contributed by atoms with Gasteiger partial charge in [-0.1, -0.05) is 11.8 Å². The first-order valence-corrected chi connectivity index (χ1v) is 8.36. The summed E-state index contributed by atoms with van der Waals surface area (Å²) >= 11 is 2.58. The van der Waals surface area contributed by atoms with Gasteiger partial charge in [-0.3, -0.25) is 14.4 Å². The van der Waals surface area contributed by atoms with E-state index in [1.807, 2.05) is 20.8 Å². The third-order valence-corrected chi connectivity index (χ3v) is 4.61. The summed E-state index contributed by atoms with van der Waals surface area (Å²) in [6, 6.07) is 0. The zero-order chi connectivity index (χ0) is 17.1. The third-order valence-electron chi connectivity index (χ3n) is 2.50. The Hall–Kier alpha value is -1.12. The lowest BCUT2D eigenvalue weighted by Crippen LogP contribution is -2.36. The molecule has 0 unspecified atom stereocenters. The van der Waals surface area contributed by atoms with Crippen molar-refractivity contribution in [3.05, 3.63) is 11.1 Å². The van der Waals surface area contributed by atoms with Gasteiger partial charge in [-0.2, -0.15) is 0 Å². The second-order valence-corrected chi connectivity index (χ2v) is 8.83. The summed E-state index contributed by atoms with van der Waals surface area (Å²) in [5.41, 5.74) is -0.253. The maximum Gasteiger partial charge on any atom is 0.322 e. The third kappa shape index (κ3) is 5.26. The van der Waals surface area contributed by atoms with Crippen LogP contribution in [0.15, 0.2) is 9.72 Å². The Morgan fingerprint density at radius 1 is 1.27 bits per heavy atom. The van der Waals surface area contributed by atoms with Crippen LogP contribution in [0.3, 0.4) is 0 Å². The number of aromatic nitrogens is 1. The topological polar surface area (TPSA) is 68.7 Å². The summed E-state index contributed by atoms with van der Waals surface area (Å²) in [6.45, 7) is 9.02. The van der Waals surface area contributed by atoms with Gasteiger partial charge in [-0.15, -0.1) is 11.3 Å². The Morgan fingerprint density at radius 3 is 2.36 bits per heavy atom. The normalized spacial score (nSPS) is 12.1. The maximum atomic E-state index is 12.2. The summed E-state index contributed by atoms with van der Waals surface area (Å²) < 4.78 is 5.24. The molecule has 8 heteroatoms. The minimum absolute atomic E-state index is 0.289. The van der Waals surface area contributed by atoms with E-state index in [1.54, 1.807) is 19.2 Å². The van der Waals surface area contributed by atoms with Gasteiger partial charge in [0.1, 0.15) is 16.0 Å². The molecule has 0 N–H and O–H groups in total. The van der Waals surface area contributed by atoms with Crippen LogP contribution in [0.2, 0.25) is 0 Å². The van der Waals surface area contributed by atoms with Crippen molar-refractivity contribution in [1.82, 2.24) is 10.0 Å². The Labute approximate surface area is 139 Å². The molecule has 1 rings (SSSR count). The summed E-state index contributed by atoms with van der Waals surface area (Å²) in [5, 5.41) is 2.74. The maximum absolute atomic E-state index is 12.2. The van der Waals surface area contributed by atoms with E-state index in [-0.39, 0.29) is 17.6 Å². The van der Waals surface area contributed by atoms with Crippen molar-refractivity contribution in [2.24, 2.45) is 0 Å². The Kier molecular flexibility index (Phi) is 6.00. The smallest absolute Gasteiger partial charge is 0.322 e. The van der Waals surface area contributed by atoms with Gasteiger partial charge < -0.3 is 4.74 Å². The van der Waals surface area contributed by atoms with Gasteiger partial charge in [0.25, 0.3) is 5.91 Å². The van der Waals surface area contributed by atoms with Crippen LogP contribution in [-0.4, -0.2) is 46.4 Å². The fourth-order valence-electron chi connectivity index (χ4n) is 1.31. The number of hydrogen-bond acceptors (Lipinski definition) is 7. The molecule has 0 radical (unpaired) electrons. The van der Waals surface area contributed by atoms with Gasteiger partial charge in [-0.05, 0) is 34.6 Å². The van der Waals surface area contributed by atoms with Crippen LogP contribution in [0.1, 0.15) is 45.1 Å². The number of hydrogen-bond donors (Lipinski definition) is 0. The molecule has 0 bridgehead atoms. The minimum atomic E-state index is -0.793. The van der Waals surface area contributed by atoms with Crippen LogP contribution in [-0.2, 0) is 14.4 Å². The van der Waals surface area contributed by atoms with Crippen molar-refractivity contribution in [2.75, 3.05) is 14.2 Å². The summed E-state index contributed by atoms with van der Waals surface area (Å²) in [4.78, 5) is 33.2. The van der Waals surface area contributed by atoms with E-state index in [0.29, 0.717) is 4.34 Å². The molecule has 22 heavy (non-hydrogen) atoms. The van der Waals surface area contributed by atoms with Crippen LogP contribution in [0, 0.1) is 0 Å². The number of esters is 1. The molecule has 0 aromatic carbocycles. The van der Waals surface area contributed by atoms with E-state index >= 15 is 0 Å². The van der Waals surface area contributed by atoms with Crippen LogP contribution in [0.4, 0.5) is 0 Å². The fourth-order valence-corrected chi connectivity index (χ4v) is 3.49. The highest BCUT2D eigenvalue weighted by molar-refractivity contribution is 8.03. The summed E-state index contributed by atoms with van der Waals surface area (Å²) in [7, 11) is 2.92. The monoisotopic (exact) mass is 346 g/mol. The Bertz CT molecular complexity index is 549. The quantitative estimate of drug-likeness (QED) is 0.464. The minimum Gasteiger partial charge on any atom is -0.459 e. The number of thioether (sulfide) groups is 1. The average molecular weight is 346 g/mol. The molecule has 0 saturated heterocycles. The first-order valence-electron chi connectivity index (χ1n) is 6.66. The van der Waals surface area contributed by atoms with Crippen molar-refractivity contribution < 1.29 is 19.2 Å². The number of rotatable bonds is 5. The number of thiazole rings is 1. The molecule has 0 aliphatic rings. The zero-order valence-electron chi connectivity index (χ0n) is 13.9. The molecule has 0 spiro atoms. The lowest BCUT2D eigenvalue weighted by atomic mass is 10.1. The molecule has 0 aliphatic heterocycles. The van der Waals surface area contributed by atoms with Gasteiger partial charge in [0.2, 0.25) is 0 Å². The van der Waals surface area contributed by atoms with Crippen LogP contribution in [0.5, 0.6) is 0 Å². The van der Waals surface area contributed by atoms with Crippen molar-refractivity contribution in [1.29, 1.82) is 0 Å². The molecule has 0 saturated carbocycles. The Balaban J connectivity index is 2.80. The molecule has 1 aromatic rings. The molecule has 0 aliphatic carbocycles. The van der Waals surface area contributed by atoms with Crippen molar-refractivity contribution in [3.8, 4) is 0 Å². The average Bonchev–Trinajstić information content (AvgIpc) is 2.82. The molecule has 1 amide bonds. The van der Waals surface area contributed by atoms with E-state index < -0.39 is 10.3 Å². The molecule has 0 atom stereocenters. The number of ether oxygens (including phenoxy) is 1. The van der Waals surface area contributed by atoms with E-state index in [0.717, 1.165) is 5.06 Å². The van der Waals surface area contributed by atoms with Crippen LogP contribution in [0.25, 0.3) is 0 Å². The SMILES string of the molecule is CON(C)C(=O)c1csc(SC(C)(C)C(=O)OC(C)(C)C)n1. The van der Waals surface area contributed by atoms with Gasteiger partial charge in [0, 0.05) is 12.4 Å². The van der Waals surface area contributed by atoms with Gasteiger partial charge in [-0.25, -0.2) is 10.0 Å². The zero-order valence-corrected chi connectivity index (χ0v) is 15.6. The van der Waals surface area contributed by atoms with Crippen molar-refractivity contribution in [3.63, 3.8) is 0 Å². The van der Waals surface area contributed by atoms with E-state index in [2.05, 4.69) is 4.98 Å². The number of nitrogens with zero attached hydrogens (tertiary/aromatic N) is 2. The molecule has 1 heterocycles. The predicted octanol–water partition coefficient (Wildman–Crippen LogP) is 2.99. The largest absolute Gasteiger partial charge is 0.459 e.